The van der Waals surface area contributed by atoms with Gasteiger partial charge in [-0.1, -0.05) is 279 Å². The minimum Gasteiger partial charge on any atom is -0.454 e. The summed E-state index contributed by atoms with van der Waals surface area (Å²) in [6.45, 7) is 24.2. The van der Waals surface area contributed by atoms with Crippen LogP contribution in [0.1, 0.15) is 166 Å². The van der Waals surface area contributed by atoms with Crippen molar-refractivity contribution >= 4 is 164 Å². The molecular formula is C134H124N5O5+5. The average Bonchev–Trinajstić information content (AvgIpc) is 1.60. The van der Waals surface area contributed by atoms with E-state index in [0.717, 1.165) is 66.6 Å². The average molecular weight is 1880 g/mol. The highest BCUT2D eigenvalue weighted by molar-refractivity contribution is 6.22. The molecule has 0 bridgehead atoms. The van der Waals surface area contributed by atoms with Crippen molar-refractivity contribution < 1.29 is 44.9 Å². The van der Waals surface area contributed by atoms with E-state index in [4.69, 9.17) is 22.1 Å². The van der Waals surface area contributed by atoms with Crippen LogP contribution in [0.25, 0.3) is 220 Å². The van der Waals surface area contributed by atoms with E-state index in [0.29, 0.717) is 17.8 Å². The molecule has 0 unspecified atom stereocenters. The van der Waals surface area contributed by atoms with Gasteiger partial charge in [0.25, 0.3) is 0 Å². The summed E-state index contributed by atoms with van der Waals surface area (Å²) in [6, 6.07) is 109. The van der Waals surface area contributed by atoms with E-state index in [2.05, 4.69) is 469 Å². The summed E-state index contributed by atoms with van der Waals surface area (Å²) in [6.07, 6.45) is 23.0. The molecule has 2 aliphatic rings. The Balaban J connectivity index is 0.0000000998. The minimum atomic E-state index is 0.0922. The number of nitrogens with zero attached hydrogens (tertiary/aromatic N) is 5. The second kappa shape index (κ2) is 37.3. The van der Waals surface area contributed by atoms with Gasteiger partial charge in [0.2, 0.25) is 28.5 Å². The molecule has 0 saturated heterocycles. The maximum Gasteiger partial charge on any atom is 0.216 e. The first kappa shape index (κ1) is 92.1. The van der Waals surface area contributed by atoms with E-state index in [9.17, 15) is 0 Å². The molecule has 0 spiro atoms. The second-order valence-corrected chi connectivity index (χ2v) is 42.2. The number of rotatable bonds is 8. The molecule has 144 heavy (non-hydrogen) atoms. The lowest BCUT2D eigenvalue weighted by Gasteiger charge is -2.21. The van der Waals surface area contributed by atoms with Gasteiger partial charge in [-0.3, -0.25) is 0 Å². The fourth-order valence-corrected chi connectivity index (χ4v) is 23.3. The third kappa shape index (κ3) is 16.5. The van der Waals surface area contributed by atoms with Crippen LogP contribution in [0.15, 0.2) is 356 Å². The summed E-state index contributed by atoms with van der Waals surface area (Å²) in [5.74, 6) is 1.87. The fourth-order valence-electron chi connectivity index (χ4n) is 23.3. The molecule has 710 valence electrons. The molecule has 25 aromatic rings. The molecule has 27 rings (SSSR count). The van der Waals surface area contributed by atoms with Gasteiger partial charge in [-0.2, -0.15) is 0 Å². The number of hydrogen-bond donors (Lipinski definition) is 0. The van der Waals surface area contributed by atoms with Gasteiger partial charge in [0.15, 0.2) is 31.0 Å². The maximum atomic E-state index is 6.66. The minimum absolute atomic E-state index is 0.0922. The van der Waals surface area contributed by atoms with Crippen molar-refractivity contribution in [3.63, 3.8) is 0 Å². The zero-order valence-corrected chi connectivity index (χ0v) is 85.6. The van der Waals surface area contributed by atoms with Gasteiger partial charge in [-0.05, 0) is 204 Å². The Bertz CT molecular complexity index is 9440. The van der Waals surface area contributed by atoms with Crippen LogP contribution in [-0.4, -0.2) is 0 Å². The topological polar surface area (TPSA) is 85.1 Å². The summed E-state index contributed by atoms with van der Waals surface area (Å²) in [5.41, 5.74) is 35.0. The smallest absolute Gasteiger partial charge is 0.216 e. The third-order valence-corrected chi connectivity index (χ3v) is 31.4. The SMILES string of the molecule is Cc1ccc(-c2c(C)ccc3c2oc2c4ccccc4ccc32)[n+](C)c1.Cc1ccc2c(oc3c4ccccc4ccc23)c1-c1cc(C(C)(C)C)cc[n+]1C.Cc1ccc2c(oc3c4ccccc4ccc23)c1-c1cc(C(C)C)cc[n+]1C.Cc1ccc2c(oc3c4ccccc4ccc23)c1-c1cc(C2CCCC2)cc[n+]1C.Cc1ccc2c(oc3c4ccccc4ccc23)c1-c1cc(C2CCCCC2)cc[n+]1C. The standard InChI is InChI=1S/C29H28NO.C28H26NO.C27H26NO.C26H24NO.C24H20NO/c1-19-12-14-25-24-15-13-21-10-6-7-11-23(21)28(24)31-29(25)27(19)26-18-22(16-17-30(26)2)20-8-4-3-5-9-20;1-18-11-13-24-23-14-12-20-9-5-6-10-22(20)27(23)30-28(24)26(18)25-17-21(15-16-29(25)2)19-7-3-4-8-19;1-17-10-12-22-21-13-11-18-8-6-7-9-20(18)25(21)29-26(22)24(17)23-16-19(27(2,3)4)14-15-28(23)5;1-16(2)19-13-14-27(4)23(15-19)24-17(3)9-11-22-21-12-10-18-7-5-6-8-20(18)25(21)28-26(22)24;1-15-8-13-21(25(3)14-15)22-16(2)9-11-20-19-12-10-17-6-4-5-7-18(17)23(19)26-24(20)22/h6-7,10-18,20H,3-5,8-9H2,1-2H3;5-6,9-17,19H,3-4,7-8H2,1-2H3;6-16H,1-5H3;5-16H,1-4H3;4-14H,1-3H3/q5*+1. The number of fused-ring (bicyclic) bond motifs is 25. The first-order valence-electron chi connectivity index (χ1n) is 51.6. The molecule has 10 heterocycles. The number of benzene rings is 15. The highest BCUT2D eigenvalue weighted by Crippen LogP contribution is 2.49. The van der Waals surface area contributed by atoms with Gasteiger partial charge in [0.1, 0.15) is 91.1 Å². The van der Waals surface area contributed by atoms with E-state index in [-0.39, 0.29) is 5.41 Å². The van der Waals surface area contributed by atoms with E-state index < -0.39 is 0 Å². The van der Waals surface area contributed by atoms with Crippen LogP contribution in [0.5, 0.6) is 0 Å². The van der Waals surface area contributed by atoms with Crippen molar-refractivity contribution in [2.24, 2.45) is 35.2 Å². The van der Waals surface area contributed by atoms with Gasteiger partial charge in [-0.25, -0.2) is 22.8 Å². The molecular weight excluding hydrogens is 1760 g/mol. The highest BCUT2D eigenvalue weighted by Gasteiger charge is 2.32. The first-order valence-corrected chi connectivity index (χ1v) is 51.6. The molecule has 0 atom stereocenters. The Kier molecular flexibility index (Phi) is 23.9. The van der Waals surface area contributed by atoms with Crippen LogP contribution in [0.4, 0.5) is 0 Å². The highest BCUT2D eigenvalue weighted by atomic mass is 16.3. The summed E-state index contributed by atoms with van der Waals surface area (Å²) >= 11 is 0. The molecule has 10 heteroatoms. The summed E-state index contributed by atoms with van der Waals surface area (Å²) in [7, 11) is 10.6. The van der Waals surface area contributed by atoms with Crippen LogP contribution >= 0.6 is 0 Å². The van der Waals surface area contributed by atoms with Crippen molar-refractivity contribution in [3.05, 3.63) is 390 Å². The summed E-state index contributed by atoms with van der Waals surface area (Å²) in [5, 5.41) is 23.8. The molecule has 10 aromatic heterocycles. The number of aromatic nitrogens is 5. The Morgan fingerprint density at radius 3 is 0.812 bits per heavy atom. The Labute approximate surface area is 841 Å². The predicted octanol–water partition coefficient (Wildman–Crippen LogP) is 34.1. The molecule has 2 aliphatic carbocycles. The van der Waals surface area contributed by atoms with E-state index >= 15 is 0 Å². The number of pyridine rings is 5. The molecule has 0 amide bonds. The van der Waals surface area contributed by atoms with Gasteiger partial charge < -0.3 is 22.1 Å². The monoisotopic (exact) mass is 1880 g/mol. The van der Waals surface area contributed by atoms with Crippen molar-refractivity contribution in [1.29, 1.82) is 0 Å². The molecule has 0 N–H and O–H groups in total. The van der Waals surface area contributed by atoms with Crippen LogP contribution < -0.4 is 22.8 Å². The summed E-state index contributed by atoms with van der Waals surface area (Å²) in [4.78, 5) is 0. The third-order valence-electron chi connectivity index (χ3n) is 31.4. The van der Waals surface area contributed by atoms with Crippen LogP contribution in [0.3, 0.4) is 0 Å². The number of hydrogen-bond acceptors (Lipinski definition) is 5. The van der Waals surface area contributed by atoms with Crippen molar-refractivity contribution in [1.82, 2.24) is 0 Å². The van der Waals surface area contributed by atoms with Crippen molar-refractivity contribution in [2.45, 2.75) is 157 Å². The summed E-state index contributed by atoms with van der Waals surface area (Å²) < 4.78 is 44.0. The Morgan fingerprint density at radius 1 is 0.243 bits per heavy atom. The zero-order chi connectivity index (χ0) is 98.8. The van der Waals surface area contributed by atoms with E-state index in [1.165, 1.54) is 267 Å². The van der Waals surface area contributed by atoms with Gasteiger partial charge in [-0.15, -0.1) is 0 Å². The van der Waals surface area contributed by atoms with Gasteiger partial charge in [0.05, 0.1) is 27.8 Å². The first-order chi connectivity index (χ1) is 69.9. The van der Waals surface area contributed by atoms with Crippen LogP contribution in [-0.2, 0) is 40.7 Å². The number of furan rings is 5. The largest absolute Gasteiger partial charge is 0.454 e. The molecule has 2 saturated carbocycles. The molecule has 15 aromatic carbocycles. The molecule has 0 aliphatic heterocycles. The number of aryl methyl sites for hydroxylation is 11. The van der Waals surface area contributed by atoms with Crippen LogP contribution in [0, 0.1) is 41.5 Å². The predicted molar refractivity (Wildman–Crippen MR) is 597 cm³/mol. The van der Waals surface area contributed by atoms with Gasteiger partial charge >= 0.3 is 0 Å². The lowest BCUT2D eigenvalue weighted by atomic mass is 9.84. The molecule has 2 fully saturated rings. The lowest BCUT2D eigenvalue weighted by Crippen LogP contribution is -2.32. The normalized spacial score (nSPS) is 13.3. The van der Waals surface area contributed by atoms with Crippen LogP contribution in [0.2, 0.25) is 0 Å². The molecule has 0 radical (unpaired) electrons. The quantitative estimate of drug-likeness (QED) is 0.142. The van der Waals surface area contributed by atoms with Crippen molar-refractivity contribution in [3.8, 4) is 56.3 Å². The molecule has 10 nitrogen and oxygen atoms in total. The Morgan fingerprint density at radius 2 is 0.507 bits per heavy atom. The van der Waals surface area contributed by atoms with Gasteiger partial charge in [0, 0.05) is 141 Å². The Hall–Kier alpha value is -15.7. The van der Waals surface area contributed by atoms with E-state index in [1.54, 1.807) is 0 Å². The maximum absolute atomic E-state index is 6.66. The zero-order valence-electron chi connectivity index (χ0n) is 85.6. The van der Waals surface area contributed by atoms with E-state index in [1.807, 2.05) is 0 Å². The van der Waals surface area contributed by atoms with Crippen molar-refractivity contribution in [2.75, 3.05) is 0 Å². The fraction of sp³-hybridized carbons (Fsp3) is 0.216. The lowest BCUT2D eigenvalue weighted by molar-refractivity contribution is -0.660. The second-order valence-electron chi connectivity index (χ2n) is 42.2.